The summed E-state index contributed by atoms with van der Waals surface area (Å²) in [6.07, 6.45) is 5.24. The van der Waals surface area contributed by atoms with Crippen LogP contribution in [0.25, 0.3) is 11.0 Å². The van der Waals surface area contributed by atoms with Crippen LogP contribution >= 0.6 is 0 Å². The van der Waals surface area contributed by atoms with E-state index in [0.717, 1.165) is 55.8 Å². The minimum Gasteiger partial charge on any atom is -0.462 e. The summed E-state index contributed by atoms with van der Waals surface area (Å²) in [6.45, 7) is 5.66. The number of piperidine rings is 1. The molecular weight excluding hydrogens is 368 g/mol. The predicted molar refractivity (Wildman–Crippen MR) is 111 cm³/mol. The standard InChI is InChI=1S/C22H26N4O3/c1-2-28-21(27)18-13-24-22(25-14-18)26-9-7-16(8-10-26)12-23-15-19-11-17-5-3-4-6-20(17)29-19/h3-6,11,13-14,16,23H,2,7-10,12,15H2,1H3. The highest BCUT2D eigenvalue weighted by molar-refractivity contribution is 5.88. The zero-order valence-electron chi connectivity index (χ0n) is 16.6. The Labute approximate surface area is 170 Å². The molecule has 0 radical (unpaired) electrons. The second-order valence-electron chi connectivity index (χ2n) is 7.30. The van der Waals surface area contributed by atoms with E-state index in [1.54, 1.807) is 19.3 Å². The summed E-state index contributed by atoms with van der Waals surface area (Å²) in [4.78, 5) is 22.5. The van der Waals surface area contributed by atoms with Gasteiger partial charge in [-0.05, 0) is 44.4 Å². The highest BCUT2D eigenvalue weighted by Gasteiger charge is 2.21. The lowest BCUT2D eigenvalue weighted by Crippen LogP contribution is -2.38. The van der Waals surface area contributed by atoms with Gasteiger partial charge in [-0.1, -0.05) is 18.2 Å². The van der Waals surface area contributed by atoms with Gasteiger partial charge in [0.1, 0.15) is 11.3 Å². The van der Waals surface area contributed by atoms with Gasteiger partial charge in [-0.15, -0.1) is 0 Å². The van der Waals surface area contributed by atoms with Gasteiger partial charge in [0, 0.05) is 30.9 Å². The average Bonchev–Trinajstić information content (AvgIpc) is 3.17. The zero-order valence-corrected chi connectivity index (χ0v) is 16.6. The van der Waals surface area contributed by atoms with Crippen LogP contribution in [0.1, 0.15) is 35.9 Å². The molecule has 0 spiro atoms. The van der Waals surface area contributed by atoms with Crippen molar-refractivity contribution in [2.75, 3.05) is 31.1 Å². The minimum atomic E-state index is -0.381. The number of carbonyl (C=O) groups excluding carboxylic acids is 1. The van der Waals surface area contributed by atoms with Gasteiger partial charge in [-0.3, -0.25) is 0 Å². The van der Waals surface area contributed by atoms with Crippen LogP contribution < -0.4 is 10.2 Å². The first-order valence-electron chi connectivity index (χ1n) is 10.1. The molecule has 1 saturated heterocycles. The molecule has 4 rings (SSSR count). The van der Waals surface area contributed by atoms with Gasteiger partial charge in [0.05, 0.1) is 18.7 Å². The number of nitrogens with zero attached hydrogens (tertiary/aromatic N) is 3. The molecule has 2 aromatic heterocycles. The van der Waals surface area contributed by atoms with Gasteiger partial charge in [-0.25, -0.2) is 14.8 Å². The van der Waals surface area contributed by atoms with Gasteiger partial charge in [0.2, 0.25) is 5.95 Å². The van der Waals surface area contributed by atoms with Crippen molar-refractivity contribution in [2.24, 2.45) is 5.92 Å². The molecule has 0 atom stereocenters. The first-order valence-corrected chi connectivity index (χ1v) is 10.1. The Bertz CT molecular complexity index is 913. The summed E-state index contributed by atoms with van der Waals surface area (Å²) in [6, 6.07) is 10.2. The molecule has 7 heteroatoms. The van der Waals surface area contributed by atoms with Crippen LogP contribution in [0.15, 0.2) is 47.1 Å². The number of nitrogens with one attached hydrogen (secondary N) is 1. The Hall–Kier alpha value is -2.93. The second kappa shape index (κ2) is 9.05. The molecular formula is C22H26N4O3. The Morgan fingerprint density at radius 3 is 2.72 bits per heavy atom. The molecule has 0 bridgehead atoms. The molecule has 0 amide bonds. The van der Waals surface area contributed by atoms with Crippen molar-refractivity contribution in [1.82, 2.24) is 15.3 Å². The first kappa shape index (κ1) is 19.4. The van der Waals surface area contributed by atoms with E-state index in [1.165, 1.54) is 0 Å². The lowest BCUT2D eigenvalue weighted by atomic mass is 9.97. The number of ether oxygens (including phenoxy) is 1. The molecule has 0 saturated carbocycles. The van der Waals surface area contributed by atoms with Crippen molar-refractivity contribution in [3.63, 3.8) is 0 Å². The van der Waals surface area contributed by atoms with E-state index in [0.29, 0.717) is 24.0 Å². The largest absolute Gasteiger partial charge is 0.462 e. The highest BCUT2D eigenvalue weighted by atomic mass is 16.5. The molecule has 152 valence electrons. The van der Waals surface area contributed by atoms with E-state index in [1.807, 2.05) is 18.2 Å². The fraction of sp³-hybridized carbons (Fsp3) is 0.409. The number of aromatic nitrogens is 2. The SMILES string of the molecule is CCOC(=O)c1cnc(N2CCC(CNCc3cc4ccccc4o3)CC2)nc1. The third kappa shape index (κ3) is 4.74. The molecule has 1 fully saturated rings. The smallest absolute Gasteiger partial charge is 0.341 e. The van der Waals surface area contributed by atoms with Gasteiger partial charge in [0.25, 0.3) is 0 Å². The quantitative estimate of drug-likeness (QED) is 0.615. The lowest BCUT2D eigenvalue weighted by molar-refractivity contribution is 0.0525. The van der Waals surface area contributed by atoms with Crippen LogP contribution in [0.2, 0.25) is 0 Å². The van der Waals surface area contributed by atoms with E-state index < -0.39 is 0 Å². The Kier molecular flexibility index (Phi) is 6.05. The molecule has 3 aromatic rings. The Balaban J connectivity index is 1.22. The molecule has 7 nitrogen and oxygen atoms in total. The second-order valence-corrected chi connectivity index (χ2v) is 7.30. The minimum absolute atomic E-state index is 0.346. The van der Waals surface area contributed by atoms with Crippen molar-refractivity contribution in [2.45, 2.75) is 26.3 Å². The number of hydrogen-bond donors (Lipinski definition) is 1. The molecule has 1 aromatic carbocycles. The van der Waals surface area contributed by atoms with Crippen LogP contribution in [0.3, 0.4) is 0 Å². The molecule has 3 heterocycles. The van der Waals surface area contributed by atoms with E-state index in [9.17, 15) is 4.79 Å². The molecule has 0 unspecified atom stereocenters. The van der Waals surface area contributed by atoms with Gasteiger partial charge in [0.15, 0.2) is 0 Å². The maximum atomic E-state index is 11.7. The zero-order chi connectivity index (χ0) is 20.1. The summed E-state index contributed by atoms with van der Waals surface area (Å²) in [5.41, 5.74) is 1.33. The number of esters is 1. The predicted octanol–water partition coefficient (Wildman–Crippen LogP) is 3.41. The molecule has 1 aliphatic heterocycles. The number of hydrogen-bond acceptors (Lipinski definition) is 7. The number of furan rings is 1. The summed E-state index contributed by atoms with van der Waals surface area (Å²) in [5, 5.41) is 4.67. The van der Waals surface area contributed by atoms with Crippen molar-refractivity contribution in [3.8, 4) is 0 Å². The maximum absolute atomic E-state index is 11.7. The fourth-order valence-electron chi connectivity index (χ4n) is 3.66. The van der Waals surface area contributed by atoms with E-state index >= 15 is 0 Å². The molecule has 1 N–H and O–H groups in total. The van der Waals surface area contributed by atoms with Crippen LogP contribution in [-0.2, 0) is 11.3 Å². The maximum Gasteiger partial charge on any atom is 0.341 e. The van der Waals surface area contributed by atoms with Crippen molar-refractivity contribution < 1.29 is 13.9 Å². The third-order valence-corrected chi connectivity index (χ3v) is 5.26. The lowest BCUT2D eigenvalue weighted by Gasteiger charge is -2.32. The Morgan fingerprint density at radius 2 is 2.00 bits per heavy atom. The summed E-state index contributed by atoms with van der Waals surface area (Å²) < 4.78 is 10.8. The van der Waals surface area contributed by atoms with Gasteiger partial charge < -0.3 is 19.4 Å². The van der Waals surface area contributed by atoms with Crippen LogP contribution in [0.4, 0.5) is 5.95 Å². The van der Waals surface area contributed by atoms with Gasteiger partial charge >= 0.3 is 5.97 Å². The number of para-hydroxylation sites is 1. The Morgan fingerprint density at radius 1 is 1.24 bits per heavy atom. The molecule has 1 aliphatic rings. The van der Waals surface area contributed by atoms with E-state index in [-0.39, 0.29) is 5.97 Å². The fourth-order valence-corrected chi connectivity index (χ4v) is 3.66. The molecule has 29 heavy (non-hydrogen) atoms. The number of benzene rings is 1. The summed E-state index contributed by atoms with van der Waals surface area (Å²) in [7, 11) is 0. The topological polar surface area (TPSA) is 80.5 Å². The van der Waals surface area contributed by atoms with Crippen LogP contribution in [0, 0.1) is 5.92 Å². The monoisotopic (exact) mass is 394 g/mol. The number of rotatable bonds is 7. The van der Waals surface area contributed by atoms with E-state index in [2.05, 4.69) is 32.3 Å². The highest BCUT2D eigenvalue weighted by Crippen LogP contribution is 2.21. The number of carbonyl (C=O) groups is 1. The van der Waals surface area contributed by atoms with Crippen LogP contribution in [-0.4, -0.2) is 42.2 Å². The number of fused-ring (bicyclic) bond motifs is 1. The normalized spacial score (nSPS) is 15.0. The van der Waals surface area contributed by atoms with Crippen molar-refractivity contribution in [1.29, 1.82) is 0 Å². The summed E-state index contributed by atoms with van der Waals surface area (Å²) in [5.74, 6) is 1.88. The number of anilines is 1. The van der Waals surface area contributed by atoms with Crippen molar-refractivity contribution >= 4 is 22.9 Å². The van der Waals surface area contributed by atoms with E-state index in [4.69, 9.17) is 9.15 Å². The summed E-state index contributed by atoms with van der Waals surface area (Å²) >= 11 is 0. The molecule has 0 aliphatic carbocycles. The third-order valence-electron chi connectivity index (χ3n) is 5.26. The van der Waals surface area contributed by atoms with Crippen LogP contribution in [0.5, 0.6) is 0 Å². The van der Waals surface area contributed by atoms with Gasteiger partial charge in [-0.2, -0.15) is 0 Å². The van der Waals surface area contributed by atoms with Crippen molar-refractivity contribution in [3.05, 3.63) is 54.0 Å². The average molecular weight is 394 g/mol. The first-order chi connectivity index (χ1) is 14.2.